The van der Waals surface area contributed by atoms with Gasteiger partial charge in [0.05, 0.1) is 12.3 Å². The van der Waals surface area contributed by atoms with Gasteiger partial charge in [0.15, 0.2) is 0 Å². The van der Waals surface area contributed by atoms with E-state index in [0.717, 1.165) is 24.5 Å². The Kier molecular flexibility index (Phi) is 5.63. The maximum absolute atomic E-state index is 5.85. The Morgan fingerprint density at radius 1 is 1.18 bits per heavy atom. The van der Waals surface area contributed by atoms with Crippen molar-refractivity contribution in [1.82, 2.24) is 0 Å². The third-order valence-corrected chi connectivity index (χ3v) is 2.35. The number of nitrogens with two attached hydrogens (primary N) is 1. The molecule has 0 heterocycles. The molecule has 0 aliphatic heterocycles. The predicted octanol–water partition coefficient (Wildman–Crippen LogP) is 2.14. The van der Waals surface area contributed by atoms with Crippen LogP contribution in [0.2, 0.25) is 0 Å². The first-order chi connectivity index (χ1) is 8.15. The third-order valence-electron chi connectivity index (χ3n) is 2.35. The number of ether oxygens (including phenoxy) is 2. The van der Waals surface area contributed by atoms with Crippen molar-refractivity contribution >= 4 is 11.4 Å². The third kappa shape index (κ3) is 4.53. The molecular formula is C13H22N2O2. The fraction of sp³-hybridized carbons (Fsp3) is 0.538. The number of rotatable bonds is 7. The monoisotopic (exact) mass is 238 g/mol. The van der Waals surface area contributed by atoms with Gasteiger partial charge in [-0.05, 0) is 18.6 Å². The molecule has 0 radical (unpaired) electrons. The molecule has 0 bridgehead atoms. The molecule has 4 nitrogen and oxygen atoms in total. The van der Waals surface area contributed by atoms with E-state index in [1.54, 1.807) is 0 Å². The van der Waals surface area contributed by atoms with E-state index in [0.29, 0.717) is 18.9 Å². The highest BCUT2D eigenvalue weighted by Gasteiger charge is 2.03. The lowest BCUT2D eigenvalue weighted by atomic mass is 10.2. The fourth-order valence-corrected chi connectivity index (χ4v) is 1.38. The first kappa shape index (κ1) is 13.6. The Labute approximate surface area is 103 Å². The summed E-state index contributed by atoms with van der Waals surface area (Å²) in [5, 5.41) is 0. The summed E-state index contributed by atoms with van der Waals surface area (Å²) in [4.78, 5) is 2.01. The molecular weight excluding hydrogens is 216 g/mol. The molecule has 0 atom stereocenters. The first-order valence-corrected chi connectivity index (χ1v) is 5.92. The van der Waals surface area contributed by atoms with Gasteiger partial charge in [-0.2, -0.15) is 0 Å². The van der Waals surface area contributed by atoms with Gasteiger partial charge in [-0.1, -0.05) is 6.92 Å². The topological polar surface area (TPSA) is 47.7 Å². The fourth-order valence-electron chi connectivity index (χ4n) is 1.38. The maximum atomic E-state index is 5.85. The summed E-state index contributed by atoms with van der Waals surface area (Å²) in [6.07, 6.45) is 1.03. The number of nitrogen functional groups attached to an aromatic ring is 1. The van der Waals surface area contributed by atoms with Crippen molar-refractivity contribution in [2.45, 2.75) is 13.3 Å². The van der Waals surface area contributed by atoms with Crippen LogP contribution in [0.25, 0.3) is 0 Å². The molecule has 0 fully saturated rings. The Morgan fingerprint density at radius 3 is 2.59 bits per heavy atom. The van der Waals surface area contributed by atoms with Crippen molar-refractivity contribution in [2.24, 2.45) is 0 Å². The Hall–Kier alpha value is -1.42. The van der Waals surface area contributed by atoms with Crippen molar-refractivity contribution in [3.63, 3.8) is 0 Å². The molecule has 0 aliphatic rings. The van der Waals surface area contributed by atoms with E-state index >= 15 is 0 Å². The molecule has 17 heavy (non-hydrogen) atoms. The van der Waals surface area contributed by atoms with E-state index in [1.807, 2.05) is 37.2 Å². The van der Waals surface area contributed by atoms with Gasteiger partial charge >= 0.3 is 0 Å². The van der Waals surface area contributed by atoms with Gasteiger partial charge in [0, 0.05) is 32.5 Å². The second-order valence-corrected chi connectivity index (χ2v) is 4.08. The molecule has 0 amide bonds. The standard InChI is InChI=1S/C13H22N2O2/c1-4-7-16-8-9-17-13-10-11(15(2)3)5-6-12(13)14/h5-6,10H,4,7-9,14H2,1-3H3. The molecule has 0 saturated heterocycles. The van der Waals surface area contributed by atoms with Crippen LogP contribution in [0.3, 0.4) is 0 Å². The Bertz CT molecular complexity index is 340. The summed E-state index contributed by atoms with van der Waals surface area (Å²) in [6.45, 7) is 3.98. The average molecular weight is 238 g/mol. The van der Waals surface area contributed by atoms with Crippen LogP contribution in [0.4, 0.5) is 11.4 Å². The van der Waals surface area contributed by atoms with Crippen LogP contribution in [0.15, 0.2) is 18.2 Å². The zero-order chi connectivity index (χ0) is 12.7. The van der Waals surface area contributed by atoms with Gasteiger partial charge in [-0.25, -0.2) is 0 Å². The molecule has 1 rings (SSSR count). The molecule has 96 valence electrons. The van der Waals surface area contributed by atoms with Crippen molar-refractivity contribution in [1.29, 1.82) is 0 Å². The highest BCUT2D eigenvalue weighted by molar-refractivity contribution is 5.61. The molecule has 0 saturated carbocycles. The summed E-state index contributed by atoms with van der Waals surface area (Å²) in [6, 6.07) is 5.77. The molecule has 0 unspecified atom stereocenters. The number of benzene rings is 1. The van der Waals surface area contributed by atoms with Gasteiger partial charge in [-0.15, -0.1) is 0 Å². The zero-order valence-corrected chi connectivity index (χ0v) is 10.9. The van der Waals surface area contributed by atoms with E-state index in [9.17, 15) is 0 Å². The Morgan fingerprint density at radius 2 is 1.94 bits per heavy atom. The summed E-state index contributed by atoms with van der Waals surface area (Å²) in [5.74, 6) is 0.719. The normalized spacial score (nSPS) is 10.3. The van der Waals surface area contributed by atoms with E-state index in [4.69, 9.17) is 15.2 Å². The number of hydrogen-bond donors (Lipinski definition) is 1. The summed E-state index contributed by atoms with van der Waals surface area (Å²) >= 11 is 0. The minimum atomic E-state index is 0.529. The van der Waals surface area contributed by atoms with Crippen molar-refractivity contribution < 1.29 is 9.47 Å². The number of hydrogen-bond acceptors (Lipinski definition) is 4. The number of nitrogens with zero attached hydrogens (tertiary/aromatic N) is 1. The molecule has 1 aromatic carbocycles. The van der Waals surface area contributed by atoms with Gasteiger partial charge in [0.2, 0.25) is 0 Å². The van der Waals surface area contributed by atoms with Crippen LogP contribution in [0, 0.1) is 0 Å². The summed E-state index contributed by atoms with van der Waals surface area (Å²) in [5.41, 5.74) is 7.58. The van der Waals surface area contributed by atoms with E-state index < -0.39 is 0 Å². The SMILES string of the molecule is CCCOCCOc1cc(N(C)C)ccc1N. The minimum Gasteiger partial charge on any atom is -0.489 e. The molecule has 2 N–H and O–H groups in total. The van der Waals surface area contributed by atoms with Crippen molar-refractivity contribution in [3.8, 4) is 5.75 Å². The van der Waals surface area contributed by atoms with Crippen molar-refractivity contribution in [2.75, 3.05) is 44.5 Å². The molecule has 0 aliphatic carbocycles. The first-order valence-electron chi connectivity index (χ1n) is 5.92. The molecule has 0 spiro atoms. The van der Waals surface area contributed by atoms with Crippen LogP contribution in [0.5, 0.6) is 5.75 Å². The second-order valence-electron chi connectivity index (χ2n) is 4.08. The molecule has 1 aromatic rings. The van der Waals surface area contributed by atoms with Crippen LogP contribution >= 0.6 is 0 Å². The van der Waals surface area contributed by atoms with E-state index in [2.05, 4.69) is 6.92 Å². The van der Waals surface area contributed by atoms with E-state index in [1.165, 1.54) is 0 Å². The van der Waals surface area contributed by atoms with Crippen LogP contribution in [-0.2, 0) is 4.74 Å². The lowest BCUT2D eigenvalue weighted by Crippen LogP contribution is -2.11. The van der Waals surface area contributed by atoms with Crippen LogP contribution in [-0.4, -0.2) is 33.9 Å². The smallest absolute Gasteiger partial charge is 0.144 e. The van der Waals surface area contributed by atoms with E-state index in [-0.39, 0.29) is 0 Å². The lowest BCUT2D eigenvalue weighted by molar-refractivity contribution is 0.101. The van der Waals surface area contributed by atoms with Gasteiger partial charge in [-0.3, -0.25) is 0 Å². The minimum absolute atomic E-state index is 0.529. The van der Waals surface area contributed by atoms with Gasteiger partial charge in [0.1, 0.15) is 12.4 Å². The average Bonchev–Trinajstić information content (AvgIpc) is 2.30. The highest BCUT2D eigenvalue weighted by atomic mass is 16.5. The van der Waals surface area contributed by atoms with Gasteiger partial charge < -0.3 is 20.1 Å². The lowest BCUT2D eigenvalue weighted by Gasteiger charge is -2.15. The van der Waals surface area contributed by atoms with Gasteiger partial charge in [0.25, 0.3) is 0 Å². The molecule has 0 aromatic heterocycles. The number of anilines is 2. The maximum Gasteiger partial charge on any atom is 0.144 e. The second kappa shape index (κ2) is 7.01. The van der Waals surface area contributed by atoms with Crippen LogP contribution < -0.4 is 15.4 Å². The summed E-state index contributed by atoms with van der Waals surface area (Å²) < 4.78 is 10.9. The quantitative estimate of drug-likeness (QED) is 0.584. The van der Waals surface area contributed by atoms with Crippen molar-refractivity contribution in [3.05, 3.63) is 18.2 Å². The summed E-state index contributed by atoms with van der Waals surface area (Å²) in [7, 11) is 3.97. The molecule has 4 heteroatoms. The van der Waals surface area contributed by atoms with Crippen LogP contribution in [0.1, 0.15) is 13.3 Å². The highest BCUT2D eigenvalue weighted by Crippen LogP contribution is 2.26. The predicted molar refractivity (Wildman–Crippen MR) is 71.8 cm³/mol. The zero-order valence-electron chi connectivity index (χ0n) is 10.9. The Balaban J connectivity index is 2.49. The largest absolute Gasteiger partial charge is 0.489 e.